The third-order valence-corrected chi connectivity index (χ3v) is 2.02. The van der Waals surface area contributed by atoms with Gasteiger partial charge >= 0.3 is 0 Å². The first-order chi connectivity index (χ1) is 6.27. The minimum absolute atomic E-state index is 0.609. The molecule has 13 heavy (non-hydrogen) atoms. The van der Waals surface area contributed by atoms with Crippen LogP contribution in [0, 0.1) is 0 Å². The molecule has 0 fully saturated rings. The van der Waals surface area contributed by atoms with Crippen LogP contribution >= 0.6 is 27.5 Å². The van der Waals surface area contributed by atoms with Gasteiger partial charge in [0.2, 0.25) is 0 Å². The normalized spacial score (nSPS) is 9.77. The highest BCUT2D eigenvalue weighted by Crippen LogP contribution is 2.29. The molecule has 72 valence electrons. The van der Waals surface area contributed by atoms with E-state index in [9.17, 15) is 0 Å². The lowest BCUT2D eigenvalue weighted by Crippen LogP contribution is -1.99. The second-order valence-electron chi connectivity index (χ2n) is 2.33. The molecule has 0 heterocycles. The van der Waals surface area contributed by atoms with Crippen LogP contribution in [0.4, 0.5) is 0 Å². The summed E-state index contributed by atoms with van der Waals surface area (Å²) >= 11 is 9.06. The quantitative estimate of drug-likeness (QED) is 0.779. The minimum atomic E-state index is 0.609. The van der Waals surface area contributed by atoms with Crippen molar-refractivity contribution in [2.75, 3.05) is 19.0 Å². The zero-order chi connectivity index (χ0) is 9.68. The molecular weight excluding hydrogens is 255 g/mol. The number of alkyl halides is 1. The molecule has 4 heteroatoms. The average molecular weight is 266 g/mol. The van der Waals surface area contributed by atoms with E-state index in [1.807, 2.05) is 0 Å². The zero-order valence-corrected chi connectivity index (χ0v) is 9.56. The Morgan fingerprint density at radius 2 is 2.15 bits per heavy atom. The summed E-state index contributed by atoms with van der Waals surface area (Å²) in [6, 6.07) is 5.29. The van der Waals surface area contributed by atoms with Crippen molar-refractivity contribution in [3.63, 3.8) is 0 Å². The molecule has 0 saturated heterocycles. The summed E-state index contributed by atoms with van der Waals surface area (Å²) in [6.07, 6.45) is 0. The van der Waals surface area contributed by atoms with Gasteiger partial charge in [-0.05, 0) is 12.1 Å². The lowest BCUT2D eigenvalue weighted by molar-refractivity contribution is 0.314. The van der Waals surface area contributed by atoms with E-state index in [-0.39, 0.29) is 0 Å². The van der Waals surface area contributed by atoms with E-state index in [0.717, 1.165) is 5.33 Å². The van der Waals surface area contributed by atoms with E-state index in [2.05, 4.69) is 15.9 Å². The van der Waals surface area contributed by atoms with Crippen LogP contribution in [0.5, 0.6) is 11.5 Å². The van der Waals surface area contributed by atoms with Gasteiger partial charge in [-0.15, -0.1) is 0 Å². The lowest BCUT2D eigenvalue weighted by Gasteiger charge is -2.09. The Kier molecular flexibility index (Phi) is 4.39. The first kappa shape index (κ1) is 10.7. The van der Waals surface area contributed by atoms with Crippen molar-refractivity contribution in [1.82, 2.24) is 0 Å². The molecule has 1 aromatic rings. The first-order valence-corrected chi connectivity index (χ1v) is 5.30. The van der Waals surface area contributed by atoms with Gasteiger partial charge in [-0.1, -0.05) is 27.5 Å². The van der Waals surface area contributed by atoms with Gasteiger partial charge in [0, 0.05) is 16.4 Å². The molecule has 1 aromatic carbocycles. The Bertz CT molecular complexity index is 278. The lowest BCUT2D eigenvalue weighted by atomic mass is 10.3. The van der Waals surface area contributed by atoms with Crippen LogP contribution in [0.25, 0.3) is 0 Å². The Morgan fingerprint density at radius 3 is 2.77 bits per heavy atom. The van der Waals surface area contributed by atoms with E-state index in [0.29, 0.717) is 23.1 Å². The number of rotatable bonds is 4. The Labute approximate surface area is 90.9 Å². The summed E-state index contributed by atoms with van der Waals surface area (Å²) in [6.45, 7) is 0.609. The second-order valence-corrected chi connectivity index (χ2v) is 3.56. The van der Waals surface area contributed by atoms with Crippen molar-refractivity contribution >= 4 is 27.5 Å². The number of hydrogen-bond donors (Lipinski definition) is 0. The van der Waals surface area contributed by atoms with Crippen molar-refractivity contribution in [1.29, 1.82) is 0 Å². The number of ether oxygens (including phenoxy) is 2. The van der Waals surface area contributed by atoms with Gasteiger partial charge in [-0.2, -0.15) is 0 Å². The highest BCUT2D eigenvalue weighted by Gasteiger charge is 2.03. The summed E-state index contributed by atoms with van der Waals surface area (Å²) in [5.74, 6) is 1.37. The van der Waals surface area contributed by atoms with Crippen LogP contribution in [0.15, 0.2) is 18.2 Å². The van der Waals surface area contributed by atoms with Gasteiger partial charge < -0.3 is 9.47 Å². The van der Waals surface area contributed by atoms with E-state index in [1.54, 1.807) is 25.3 Å². The van der Waals surface area contributed by atoms with E-state index in [4.69, 9.17) is 21.1 Å². The SMILES string of the molecule is COc1cc(Cl)ccc1OCCBr. The average Bonchev–Trinajstić information content (AvgIpc) is 2.16. The van der Waals surface area contributed by atoms with Crippen molar-refractivity contribution in [3.8, 4) is 11.5 Å². The molecule has 0 aliphatic carbocycles. The van der Waals surface area contributed by atoms with Crippen molar-refractivity contribution < 1.29 is 9.47 Å². The van der Waals surface area contributed by atoms with Gasteiger partial charge in [-0.3, -0.25) is 0 Å². The predicted molar refractivity (Wildman–Crippen MR) is 57.3 cm³/mol. The molecular formula is C9H10BrClO2. The number of methoxy groups -OCH3 is 1. The summed E-state index contributed by atoms with van der Waals surface area (Å²) in [5.41, 5.74) is 0. The molecule has 2 nitrogen and oxygen atoms in total. The Morgan fingerprint density at radius 1 is 1.38 bits per heavy atom. The van der Waals surface area contributed by atoms with Gasteiger partial charge in [0.1, 0.15) is 0 Å². The monoisotopic (exact) mass is 264 g/mol. The minimum Gasteiger partial charge on any atom is -0.493 e. The Hall–Kier alpha value is -0.410. The zero-order valence-electron chi connectivity index (χ0n) is 7.22. The third-order valence-electron chi connectivity index (χ3n) is 1.46. The molecule has 1 rings (SSSR count). The van der Waals surface area contributed by atoms with E-state index < -0.39 is 0 Å². The predicted octanol–water partition coefficient (Wildman–Crippen LogP) is 3.12. The maximum absolute atomic E-state index is 5.78. The fourth-order valence-corrected chi connectivity index (χ4v) is 1.23. The molecule has 0 spiro atoms. The summed E-state index contributed by atoms with van der Waals surface area (Å²) < 4.78 is 10.5. The molecule has 0 unspecified atom stereocenters. The van der Waals surface area contributed by atoms with Crippen molar-refractivity contribution in [2.24, 2.45) is 0 Å². The fraction of sp³-hybridized carbons (Fsp3) is 0.333. The smallest absolute Gasteiger partial charge is 0.162 e. The van der Waals surface area contributed by atoms with Gasteiger partial charge in [0.15, 0.2) is 11.5 Å². The highest BCUT2D eigenvalue weighted by atomic mass is 79.9. The largest absolute Gasteiger partial charge is 0.493 e. The van der Waals surface area contributed by atoms with Crippen LogP contribution in [0.1, 0.15) is 0 Å². The molecule has 0 aliphatic rings. The summed E-state index contributed by atoms with van der Waals surface area (Å²) in [7, 11) is 1.59. The second kappa shape index (κ2) is 5.35. The van der Waals surface area contributed by atoms with Crippen molar-refractivity contribution in [3.05, 3.63) is 23.2 Å². The molecule has 0 radical (unpaired) electrons. The van der Waals surface area contributed by atoms with Crippen LogP contribution in [0.2, 0.25) is 5.02 Å². The number of hydrogen-bond acceptors (Lipinski definition) is 2. The molecule has 0 amide bonds. The van der Waals surface area contributed by atoms with Gasteiger partial charge in [0.25, 0.3) is 0 Å². The highest BCUT2D eigenvalue weighted by molar-refractivity contribution is 9.09. The van der Waals surface area contributed by atoms with Crippen molar-refractivity contribution in [2.45, 2.75) is 0 Å². The molecule has 0 bridgehead atoms. The third kappa shape index (κ3) is 3.08. The van der Waals surface area contributed by atoms with Gasteiger partial charge in [0.05, 0.1) is 13.7 Å². The van der Waals surface area contributed by atoms with Crippen LogP contribution in [-0.2, 0) is 0 Å². The topological polar surface area (TPSA) is 18.5 Å². The standard InChI is InChI=1S/C9H10BrClO2/c1-12-9-6-7(11)2-3-8(9)13-5-4-10/h2-3,6H,4-5H2,1H3. The maximum Gasteiger partial charge on any atom is 0.162 e. The first-order valence-electron chi connectivity index (χ1n) is 3.80. The molecule has 0 saturated carbocycles. The van der Waals surface area contributed by atoms with Gasteiger partial charge in [-0.25, -0.2) is 0 Å². The maximum atomic E-state index is 5.78. The molecule has 0 atom stereocenters. The molecule has 0 N–H and O–H groups in total. The fourth-order valence-electron chi connectivity index (χ4n) is 0.909. The Balaban J connectivity index is 2.79. The molecule has 0 aromatic heterocycles. The van der Waals surface area contributed by atoms with E-state index >= 15 is 0 Å². The van der Waals surface area contributed by atoms with Crippen LogP contribution in [0.3, 0.4) is 0 Å². The summed E-state index contributed by atoms with van der Waals surface area (Å²) in [5, 5.41) is 1.43. The van der Waals surface area contributed by atoms with Crippen LogP contribution < -0.4 is 9.47 Å². The molecule has 0 aliphatic heterocycles. The number of halogens is 2. The van der Waals surface area contributed by atoms with Crippen LogP contribution in [-0.4, -0.2) is 19.0 Å². The summed E-state index contributed by atoms with van der Waals surface area (Å²) in [4.78, 5) is 0. The van der Waals surface area contributed by atoms with E-state index in [1.165, 1.54) is 0 Å². The number of benzene rings is 1.